The summed E-state index contributed by atoms with van der Waals surface area (Å²) in [6, 6.07) is 6.92. The van der Waals surface area contributed by atoms with Crippen LogP contribution in [0.25, 0.3) is 10.9 Å². The monoisotopic (exact) mass is 548 g/mol. The number of fused-ring (bicyclic) bond motifs is 2. The highest BCUT2D eigenvalue weighted by atomic mass is 19.4. The molecule has 3 heterocycles. The minimum atomic E-state index is -5.28. The van der Waals surface area contributed by atoms with Gasteiger partial charge in [-0.05, 0) is 29.8 Å². The number of morpholine rings is 1. The normalized spacial score (nSPS) is 17.7. The lowest BCUT2D eigenvalue weighted by Crippen LogP contribution is -2.61. The number of para-hydroxylation sites is 1. The molecule has 2 aliphatic heterocycles. The Labute approximate surface area is 217 Å². The maximum Gasteiger partial charge on any atom is 0.491 e. The van der Waals surface area contributed by atoms with E-state index in [1.807, 2.05) is 0 Å². The Morgan fingerprint density at radius 3 is 2.72 bits per heavy atom. The number of benzene rings is 2. The molecule has 5 rings (SSSR count). The number of hydrogen-bond donors (Lipinski definition) is 0. The first-order valence-electron chi connectivity index (χ1n) is 11.8. The zero-order valence-electron chi connectivity index (χ0n) is 20.1. The summed E-state index contributed by atoms with van der Waals surface area (Å²) in [5.41, 5.74) is -0.838. The van der Waals surface area contributed by atoms with Crippen molar-refractivity contribution in [3.8, 4) is 5.75 Å². The van der Waals surface area contributed by atoms with E-state index in [1.54, 1.807) is 4.90 Å². The Bertz CT molecular complexity index is 1540. The molecule has 39 heavy (non-hydrogen) atoms. The van der Waals surface area contributed by atoms with Gasteiger partial charge < -0.3 is 19.3 Å². The summed E-state index contributed by atoms with van der Waals surface area (Å²) >= 11 is 0. The zero-order chi connectivity index (χ0) is 27.9. The average molecular weight is 548 g/mol. The van der Waals surface area contributed by atoms with Gasteiger partial charge in [-0.25, -0.2) is 9.18 Å². The van der Waals surface area contributed by atoms with Crippen molar-refractivity contribution in [3.63, 3.8) is 0 Å². The van der Waals surface area contributed by atoms with Crippen molar-refractivity contribution in [3.05, 3.63) is 69.8 Å². The van der Waals surface area contributed by atoms with E-state index in [-0.39, 0.29) is 54.7 Å². The fourth-order valence-electron chi connectivity index (χ4n) is 4.64. The highest BCUT2D eigenvalue weighted by molar-refractivity contribution is 5.97. The van der Waals surface area contributed by atoms with Crippen LogP contribution < -0.4 is 10.2 Å². The summed E-state index contributed by atoms with van der Waals surface area (Å²) in [6.07, 6.45) is -4.34. The topological polar surface area (TPSA) is 111 Å². The molecule has 1 aromatic heterocycles. The number of rotatable bonds is 4. The predicted molar refractivity (Wildman–Crippen MR) is 125 cm³/mol. The third-order valence-corrected chi connectivity index (χ3v) is 6.46. The molecule has 2 amide bonds. The number of nitrogens with zero attached hydrogens (tertiary/aromatic N) is 4. The van der Waals surface area contributed by atoms with Gasteiger partial charge in [0.2, 0.25) is 11.3 Å². The van der Waals surface area contributed by atoms with E-state index in [1.165, 1.54) is 29.2 Å². The number of aromatic nitrogens is 2. The predicted octanol–water partition coefficient (Wildman–Crippen LogP) is 1.73. The Morgan fingerprint density at radius 2 is 1.95 bits per heavy atom. The van der Waals surface area contributed by atoms with Crippen molar-refractivity contribution in [1.82, 2.24) is 19.6 Å². The molecule has 2 fully saturated rings. The number of halogens is 4. The Balaban J connectivity index is 1.46. The van der Waals surface area contributed by atoms with Crippen molar-refractivity contribution < 1.29 is 41.4 Å². The van der Waals surface area contributed by atoms with E-state index in [0.717, 1.165) is 23.0 Å². The third kappa shape index (κ3) is 5.19. The molecule has 14 heteroatoms. The van der Waals surface area contributed by atoms with Gasteiger partial charge in [0.1, 0.15) is 17.9 Å². The largest absolute Gasteiger partial charge is 0.491 e. The summed E-state index contributed by atoms with van der Waals surface area (Å²) in [4.78, 5) is 52.4. The van der Waals surface area contributed by atoms with Crippen LogP contribution in [0.3, 0.4) is 0 Å². The van der Waals surface area contributed by atoms with Crippen molar-refractivity contribution in [2.75, 3.05) is 32.8 Å². The molecule has 0 N–H and O–H groups in total. The van der Waals surface area contributed by atoms with Crippen LogP contribution in [-0.2, 0) is 20.9 Å². The smallest absolute Gasteiger partial charge is 0.418 e. The van der Waals surface area contributed by atoms with Gasteiger partial charge in [-0.15, -0.1) is 0 Å². The molecule has 0 bridgehead atoms. The van der Waals surface area contributed by atoms with Gasteiger partial charge in [0.25, 0.3) is 5.91 Å². The van der Waals surface area contributed by atoms with E-state index in [9.17, 15) is 36.7 Å². The standard InChI is InChI=1S/C25H20F4N4O6/c26-18-5-4-14(8-17(18)23(36)31-11-15-13-38-7-6-32(15)21(35)12-31)10-33-22-16(19(34)9-30-33)2-1-3-20(22)39-24(37)25(27,28)29/h1-5,8-9,15H,6-7,10-13H2. The van der Waals surface area contributed by atoms with Gasteiger partial charge in [-0.1, -0.05) is 12.1 Å². The molecule has 1 atom stereocenters. The summed E-state index contributed by atoms with van der Waals surface area (Å²) in [5, 5.41) is 3.88. The number of hydrogen-bond acceptors (Lipinski definition) is 7. The van der Waals surface area contributed by atoms with E-state index in [2.05, 4.69) is 9.84 Å². The molecule has 0 aliphatic carbocycles. The van der Waals surface area contributed by atoms with Crippen LogP contribution in [-0.4, -0.2) is 82.4 Å². The summed E-state index contributed by atoms with van der Waals surface area (Å²) in [5.74, 6) is -4.86. The molecule has 0 spiro atoms. The SMILES string of the molecule is O=C(c1cc(Cn2ncc(=O)c3cccc(OC(=O)C(F)(F)F)c32)ccc1F)N1CC(=O)N2CCOCC2C1. The highest BCUT2D eigenvalue weighted by Crippen LogP contribution is 2.27. The number of alkyl halides is 3. The molecule has 2 aromatic carbocycles. The first kappa shape index (κ1) is 26.3. The van der Waals surface area contributed by atoms with E-state index >= 15 is 0 Å². The second kappa shape index (κ2) is 10.1. The highest BCUT2D eigenvalue weighted by Gasteiger charge is 2.42. The maximum absolute atomic E-state index is 14.8. The minimum absolute atomic E-state index is 0.0676. The molecular weight excluding hydrogens is 528 g/mol. The van der Waals surface area contributed by atoms with Gasteiger partial charge in [0.05, 0.1) is 42.9 Å². The third-order valence-electron chi connectivity index (χ3n) is 6.46. The number of piperazine rings is 1. The van der Waals surface area contributed by atoms with E-state index < -0.39 is 35.0 Å². The van der Waals surface area contributed by atoms with Crippen molar-refractivity contribution >= 4 is 28.7 Å². The minimum Gasteiger partial charge on any atom is -0.418 e. The Morgan fingerprint density at radius 1 is 1.15 bits per heavy atom. The molecule has 1 unspecified atom stereocenters. The fraction of sp³-hybridized carbons (Fsp3) is 0.320. The molecule has 10 nitrogen and oxygen atoms in total. The van der Waals surface area contributed by atoms with Gasteiger partial charge in [0, 0.05) is 13.1 Å². The van der Waals surface area contributed by atoms with Crippen LogP contribution in [0.2, 0.25) is 0 Å². The van der Waals surface area contributed by atoms with Gasteiger partial charge in [0.15, 0.2) is 5.75 Å². The number of carbonyl (C=O) groups excluding carboxylic acids is 3. The second-order valence-corrected chi connectivity index (χ2v) is 9.02. The van der Waals surface area contributed by atoms with E-state index in [0.29, 0.717) is 18.7 Å². The van der Waals surface area contributed by atoms with Gasteiger partial charge in [-0.2, -0.15) is 18.3 Å². The van der Waals surface area contributed by atoms with Gasteiger partial charge >= 0.3 is 12.1 Å². The summed E-state index contributed by atoms with van der Waals surface area (Å²) in [7, 11) is 0. The first-order chi connectivity index (χ1) is 18.5. The lowest BCUT2D eigenvalue weighted by atomic mass is 10.1. The number of ether oxygens (including phenoxy) is 2. The summed E-state index contributed by atoms with van der Waals surface area (Å²) < 4.78 is 64.3. The maximum atomic E-state index is 14.8. The molecule has 2 aliphatic rings. The lowest BCUT2D eigenvalue weighted by molar-refractivity contribution is -0.189. The number of carbonyl (C=O) groups is 3. The van der Waals surface area contributed by atoms with Crippen LogP contribution in [0.4, 0.5) is 17.6 Å². The van der Waals surface area contributed by atoms with Crippen LogP contribution in [0.15, 0.2) is 47.4 Å². The number of amides is 2. The van der Waals surface area contributed by atoms with Crippen LogP contribution in [0, 0.1) is 5.82 Å². The molecule has 3 aromatic rings. The first-order valence-corrected chi connectivity index (χ1v) is 11.8. The second-order valence-electron chi connectivity index (χ2n) is 9.02. The van der Waals surface area contributed by atoms with E-state index in [4.69, 9.17) is 4.74 Å². The van der Waals surface area contributed by atoms with Crippen molar-refractivity contribution in [2.45, 2.75) is 18.8 Å². The number of esters is 1. The quantitative estimate of drug-likeness (QED) is 0.278. The molecule has 2 saturated heterocycles. The zero-order valence-corrected chi connectivity index (χ0v) is 20.1. The van der Waals surface area contributed by atoms with Gasteiger partial charge in [-0.3, -0.25) is 19.1 Å². The fourth-order valence-corrected chi connectivity index (χ4v) is 4.64. The molecular formula is C25H20F4N4O6. The summed E-state index contributed by atoms with van der Waals surface area (Å²) in [6.45, 7) is 0.784. The Hall–Kier alpha value is -4.33. The van der Waals surface area contributed by atoms with Crippen LogP contribution in [0.1, 0.15) is 15.9 Å². The Kier molecular flexibility index (Phi) is 6.80. The molecule has 0 radical (unpaired) electrons. The van der Waals surface area contributed by atoms with Crippen molar-refractivity contribution in [1.29, 1.82) is 0 Å². The average Bonchev–Trinajstić information content (AvgIpc) is 2.90. The van der Waals surface area contributed by atoms with Crippen LogP contribution in [0.5, 0.6) is 5.75 Å². The molecule has 0 saturated carbocycles. The molecule has 204 valence electrons. The lowest BCUT2D eigenvalue weighted by Gasteiger charge is -2.43. The van der Waals surface area contributed by atoms with Crippen molar-refractivity contribution in [2.24, 2.45) is 0 Å². The van der Waals surface area contributed by atoms with Crippen LogP contribution >= 0.6 is 0 Å².